The van der Waals surface area contributed by atoms with Crippen LogP contribution in [0.1, 0.15) is 17.5 Å². The molecule has 0 aliphatic heterocycles. The number of fused-ring (bicyclic) bond motifs is 1. The van der Waals surface area contributed by atoms with Gasteiger partial charge in [-0.05, 0) is 78.2 Å². The summed E-state index contributed by atoms with van der Waals surface area (Å²) in [5.41, 5.74) is 6.45. The lowest BCUT2D eigenvalue weighted by Gasteiger charge is -2.18. The average Bonchev–Trinajstić information content (AvgIpc) is 3.42. The van der Waals surface area contributed by atoms with Gasteiger partial charge in [0.05, 0.1) is 11.4 Å². The Morgan fingerprint density at radius 2 is 1.79 bits per heavy atom. The van der Waals surface area contributed by atoms with E-state index in [9.17, 15) is 4.39 Å². The SMILES string of the molecule is Fc1ccc(Nc2nc(-c3ccccn3)c3c(c2-c2cccs2)CCC3)cc1. The van der Waals surface area contributed by atoms with Crippen LogP contribution in [0.25, 0.3) is 21.8 Å². The third-order valence-corrected chi connectivity index (χ3v) is 5.94. The number of hydrogen-bond donors (Lipinski definition) is 1. The van der Waals surface area contributed by atoms with Gasteiger partial charge in [-0.15, -0.1) is 11.3 Å². The van der Waals surface area contributed by atoms with Crippen molar-refractivity contribution in [3.05, 3.63) is 83.1 Å². The third kappa shape index (κ3) is 3.08. The van der Waals surface area contributed by atoms with Gasteiger partial charge in [-0.3, -0.25) is 4.98 Å². The fraction of sp³-hybridized carbons (Fsp3) is 0.130. The Balaban J connectivity index is 1.72. The van der Waals surface area contributed by atoms with Crippen molar-refractivity contribution >= 4 is 22.8 Å². The number of hydrogen-bond acceptors (Lipinski definition) is 4. The standard InChI is InChI=1S/C23H18FN3S/c24-15-9-11-16(12-10-15)26-23-21(20-8-4-14-28-20)17-5-3-6-18(17)22(27-23)19-7-1-2-13-25-19/h1-2,4,7-14H,3,5-6H2,(H,26,27). The molecule has 3 nitrogen and oxygen atoms in total. The van der Waals surface area contributed by atoms with Gasteiger partial charge in [-0.1, -0.05) is 12.1 Å². The van der Waals surface area contributed by atoms with Crippen LogP contribution in [0.5, 0.6) is 0 Å². The number of aromatic nitrogens is 2. The van der Waals surface area contributed by atoms with Gasteiger partial charge in [0.1, 0.15) is 11.6 Å². The van der Waals surface area contributed by atoms with E-state index in [1.165, 1.54) is 28.1 Å². The molecule has 1 aliphatic rings. The van der Waals surface area contributed by atoms with Crippen molar-refractivity contribution in [2.45, 2.75) is 19.3 Å². The molecule has 1 aliphatic carbocycles. The smallest absolute Gasteiger partial charge is 0.140 e. The molecule has 5 rings (SSSR count). The van der Waals surface area contributed by atoms with E-state index >= 15 is 0 Å². The Kier molecular flexibility index (Phi) is 4.37. The summed E-state index contributed by atoms with van der Waals surface area (Å²) in [5, 5.41) is 5.52. The maximum atomic E-state index is 13.3. The fourth-order valence-electron chi connectivity index (χ4n) is 3.82. The fourth-order valence-corrected chi connectivity index (χ4v) is 4.62. The zero-order valence-electron chi connectivity index (χ0n) is 15.2. The van der Waals surface area contributed by atoms with Crippen LogP contribution in [0.15, 0.2) is 66.2 Å². The Morgan fingerprint density at radius 3 is 2.54 bits per heavy atom. The van der Waals surface area contributed by atoms with Crippen molar-refractivity contribution in [1.29, 1.82) is 0 Å². The van der Waals surface area contributed by atoms with E-state index in [0.29, 0.717) is 0 Å². The van der Waals surface area contributed by atoms with Gasteiger partial charge in [0.25, 0.3) is 0 Å². The lowest BCUT2D eigenvalue weighted by Crippen LogP contribution is -2.04. The summed E-state index contributed by atoms with van der Waals surface area (Å²) in [6, 6.07) is 16.5. The van der Waals surface area contributed by atoms with Crippen LogP contribution in [0.3, 0.4) is 0 Å². The Labute approximate surface area is 166 Å². The molecule has 0 bridgehead atoms. The van der Waals surface area contributed by atoms with Crippen LogP contribution in [0.4, 0.5) is 15.9 Å². The summed E-state index contributed by atoms with van der Waals surface area (Å²) < 4.78 is 13.3. The summed E-state index contributed by atoms with van der Waals surface area (Å²) in [6.45, 7) is 0. The van der Waals surface area contributed by atoms with E-state index in [1.807, 2.05) is 18.2 Å². The first-order chi connectivity index (χ1) is 13.8. The second-order valence-electron chi connectivity index (χ2n) is 6.82. The van der Waals surface area contributed by atoms with Crippen LogP contribution in [0.2, 0.25) is 0 Å². The van der Waals surface area contributed by atoms with E-state index in [4.69, 9.17) is 4.98 Å². The van der Waals surface area contributed by atoms with Gasteiger partial charge in [0.15, 0.2) is 0 Å². The molecule has 1 aromatic carbocycles. The van der Waals surface area contributed by atoms with Crippen LogP contribution in [0, 0.1) is 5.82 Å². The second-order valence-corrected chi connectivity index (χ2v) is 7.77. The van der Waals surface area contributed by atoms with Gasteiger partial charge < -0.3 is 5.32 Å². The molecule has 0 saturated heterocycles. The molecular formula is C23H18FN3S. The lowest BCUT2D eigenvalue weighted by atomic mass is 9.99. The highest BCUT2D eigenvalue weighted by Crippen LogP contribution is 2.43. The predicted molar refractivity (Wildman–Crippen MR) is 112 cm³/mol. The highest BCUT2D eigenvalue weighted by Gasteiger charge is 2.26. The summed E-state index contributed by atoms with van der Waals surface area (Å²) in [4.78, 5) is 10.8. The summed E-state index contributed by atoms with van der Waals surface area (Å²) in [6.07, 6.45) is 4.97. The first-order valence-corrected chi connectivity index (χ1v) is 10.2. The molecule has 3 aromatic heterocycles. The number of halogens is 1. The predicted octanol–water partition coefficient (Wildman–Crippen LogP) is 6.24. The number of benzene rings is 1. The first kappa shape index (κ1) is 17.1. The topological polar surface area (TPSA) is 37.8 Å². The molecule has 3 heterocycles. The van der Waals surface area contributed by atoms with Gasteiger partial charge in [-0.2, -0.15) is 0 Å². The van der Waals surface area contributed by atoms with Crippen molar-refractivity contribution in [2.24, 2.45) is 0 Å². The number of thiophene rings is 1. The second kappa shape index (κ2) is 7.17. The molecule has 0 saturated carbocycles. The van der Waals surface area contributed by atoms with Crippen LogP contribution in [-0.4, -0.2) is 9.97 Å². The number of nitrogens with zero attached hydrogens (tertiary/aromatic N) is 2. The minimum atomic E-state index is -0.250. The van der Waals surface area contributed by atoms with E-state index in [-0.39, 0.29) is 5.82 Å². The molecule has 138 valence electrons. The summed E-state index contributed by atoms with van der Waals surface area (Å²) in [7, 11) is 0. The molecule has 0 fully saturated rings. The molecule has 5 heteroatoms. The average molecular weight is 387 g/mol. The quantitative estimate of drug-likeness (QED) is 0.450. The summed E-state index contributed by atoms with van der Waals surface area (Å²) >= 11 is 1.72. The maximum Gasteiger partial charge on any atom is 0.140 e. The van der Waals surface area contributed by atoms with E-state index in [0.717, 1.165) is 47.7 Å². The monoisotopic (exact) mass is 387 g/mol. The normalized spacial score (nSPS) is 12.8. The van der Waals surface area contributed by atoms with Crippen molar-refractivity contribution in [3.63, 3.8) is 0 Å². The minimum absolute atomic E-state index is 0.250. The number of rotatable bonds is 4. The van der Waals surface area contributed by atoms with Crippen molar-refractivity contribution in [3.8, 4) is 21.8 Å². The first-order valence-electron chi connectivity index (χ1n) is 9.33. The summed E-state index contributed by atoms with van der Waals surface area (Å²) in [5.74, 6) is 0.551. The highest BCUT2D eigenvalue weighted by atomic mass is 32.1. The lowest BCUT2D eigenvalue weighted by molar-refractivity contribution is 0.628. The number of nitrogens with one attached hydrogen (secondary N) is 1. The molecular weight excluding hydrogens is 369 g/mol. The number of anilines is 2. The van der Waals surface area contributed by atoms with Crippen LogP contribution in [-0.2, 0) is 12.8 Å². The molecule has 0 atom stereocenters. The molecule has 0 amide bonds. The van der Waals surface area contributed by atoms with Gasteiger partial charge in [0, 0.05) is 22.3 Å². The van der Waals surface area contributed by atoms with Gasteiger partial charge >= 0.3 is 0 Å². The van der Waals surface area contributed by atoms with E-state index < -0.39 is 0 Å². The highest BCUT2D eigenvalue weighted by molar-refractivity contribution is 7.13. The Hall–Kier alpha value is -3.05. The van der Waals surface area contributed by atoms with E-state index in [2.05, 4.69) is 27.8 Å². The Bertz CT molecular complexity index is 1110. The molecule has 0 unspecified atom stereocenters. The van der Waals surface area contributed by atoms with Gasteiger partial charge in [0.2, 0.25) is 0 Å². The molecule has 28 heavy (non-hydrogen) atoms. The van der Waals surface area contributed by atoms with Gasteiger partial charge in [-0.25, -0.2) is 9.37 Å². The van der Waals surface area contributed by atoms with Crippen molar-refractivity contribution in [1.82, 2.24) is 9.97 Å². The van der Waals surface area contributed by atoms with Crippen molar-refractivity contribution < 1.29 is 4.39 Å². The van der Waals surface area contributed by atoms with Crippen LogP contribution < -0.4 is 5.32 Å². The Morgan fingerprint density at radius 1 is 0.929 bits per heavy atom. The van der Waals surface area contributed by atoms with E-state index in [1.54, 1.807) is 29.7 Å². The molecule has 0 radical (unpaired) electrons. The van der Waals surface area contributed by atoms with Crippen LogP contribution >= 0.6 is 11.3 Å². The molecule has 0 spiro atoms. The maximum absolute atomic E-state index is 13.3. The zero-order chi connectivity index (χ0) is 18.9. The minimum Gasteiger partial charge on any atom is -0.340 e. The van der Waals surface area contributed by atoms with Crippen molar-refractivity contribution in [2.75, 3.05) is 5.32 Å². The largest absolute Gasteiger partial charge is 0.340 e. The molecule has 1 N–H and O–H groups in total. The molecule has 4 aromatic rings. The third-order valence-electron chi connectivity index (χ3n) is 5.05. The number of pyridine rings is 2. The zero-order valence-corrected chi connectivity index (χ0v) is 16.0.